The minimum absolute atomic E-state index is 0.370. The smallest absolute Gasteiger partial charge is 0.399 e. The first-order chi connectivity index (χ1) is 14.9. The Morgan fingerprint density at radius 2 is 1.28 bits per heavy atom. The van der Waals surface area contributed by atoms with Crippen LogP contribution in [-0.2, 0) is 23.4 Å². The Bertz CT molecular complexity index is 1300. The molecule has 0 radical (unpaired) electrons. The highest BCUT2D eigenvalue weighted by Gasteiger charge is 2.52. The van der Waals surface area contributed by atoms with Gasteiger partial charge in [0.25, 0.3) is 0 Å². The first kappa shape index (κ1) is 23.6. The number of aryl methyl sites for hydroxylation is 2. The van der Waals surface area contributed by atoms with E-state index in [9.17, 15) is 0 Å². The second kappa shape index (κ2) is 8.33. The van der Waals surface area contributed by atoms with Crippen molar-refractivity contribution < 1.29 is 9.31 Å². The van der Waals surface area contributed by atoms with Gasteiger partial charge in [0.15, 0.2) is 0 Å². The lowest BCUT2D eigenvalue weighted by Gasteiger charge is -2.32. The van der Waals surface area contributed by atoms with Gasteiger partial charge in [-0.15, -0.1) is 0 Å². The molecular weight excluding hydrogens is 514 g/mol. The standard InChI is InChI=1S/C14H18BClN2O2.C8H6BrClN2/c1-13(2)14(3,4)20-15(19-13)10-6-7-11-9(12(10)16)8-18(5)17-11;1-12-4-5-7(11-12)3-2-6(9)8(5)10/h6-8H,1-5H3;2-4H,1H3. The zero-order chi connectivity index (χ0) is 23.4. The summed E-state index contributed by atoms with van der Waals surface area (Å²) >= 11 is 15.9. The van der Waals surface area contributed by atoms with E-state index in [2.05, 4.69) is 26.1 Å². The Labute approximate surface area is 206 Å². The van der Waals surface area contributed by atoms with Gasteiger partial charge in [0.05, 0.1) is 32.3 Å². The largest absolute Gasteiger partial charge is 0.496 e. The summed E-state index contributed by atoms with van der Waals surface area (Å²) in [5, 5.41) is 11.8. The Morgan fingerprint density at radius 3 is 1.81 bits per heavy atom. The fraction of sp³-hybridized carbons (Fsp3) is 0.364. The summed E-state index contributed by atoms with van der Waals surface area (Å²) in [7, 11) is 3.31. The summed E-state index contributed by atoms with van der Waals surface area (Å²) in [6.45, 7) is 8.13. The molecule has 32 heavy (non-hydrogen) atoms. The van der Waals surface area contributed by atoms with Crippen molar-refractivity contribution in [2.75, 3.05) is 0 Å². The quantitative estimate of drug-likeness (QED) is 0.300. The Balaban J connectivity index is 0.000000174. The fourth-order valence-corrected chi connectivity index (χ4v) is 4.35. The van der Waals surface area contributed by atoms with E-state index in [0.29, 0.717) is 5.02 Å². The van der Waals surface area contributed by atoms with Gasteiger partial charge in [-0.2, -0.15) is 10.2 Å². The van der Waals surface area contributed by atoms with Gasteiger partial charge in [-0.3, -0.25) is 9.36 Å². The molecule has 0 spiro atoms. The lowest BCUT2D eigenvalue weighted by molar-refractivity contribution is 0.00578. The van der Waals surface area contributed by atoms with Gasteiger partial charge in [-0.1, -0.05) is 29.3 Å². The maximum absolute atomic E-state index is 6.51. The number of halogens is 3. The lowest BCUT2D eigenvalue weighted by atomic mass is 9.78. The molecule has 2 aromatic heterocycles. The minimum atomic E-state index is -0.447. The molecule has 4 aromatic rings. The van der Waals surface area contributed by atoms with Crippen LogP contribution in [0.25, 0.3) is 21.8 Å². The van der Waals surface area contributed by atoms with Gasteiger partial charge in [-0.05, 0) is 61.8 Å². The first-order valence-electron chi connectivity index (χ1n) is 10.1. The number of aromatic nitrogens is 4. The molecule has 5 rings (SSSR count). The zero-order valence-electron chi connectivity index (χ0n) is 18.8. The van der Waals surface area contributed by atoms with Crippen molar-refractivity contribution >= 4 is 73.5 Å². The van der Waals surface area contributed by atoms with Gasteiger partial charge in [-0.25, -0.2) is 0 Å². The molecule has 6 nitrogen and oxygen atoms in total. The minimum Gasteiger partial charge on any atom is -0.399 e. The molecular formula is C22H24BBrCl2N4O2. The zero-order valence-corrected chi connectivity index (χ0v) is 21.9. The van der Waals surface area contributed by atoms with Crippen molar-refractivity contribution in [1.29, 1.82) is 0 Å². The second-order valence-electron chi connectivity index (χ2n) is 8.89. The number of hydrogen-bond donors (Lipinski definition) is 0. The maximum Gasteiger partial charge on any atom is 0.496 e. The lowest BCUT2D eigenvalue weighted by Crippen LogP contribution is -2.41. The highest BCUT2D eigenvalue weighted by Crippen LogP contribution is 2.37. The molecule has 0 saturated carbocycles. The molecule has 3 heterocycles. The van der Waals surface area contributed by atoms with Crippen LogP contribution in [0.15, 0.2) is 41.1 Å². The first-order valence-corrected chi connectivity index (χ1v) is 11.7. The van der Waals surface area contributed by atoms with E-state index in [1.165, 1.54) is 0 Å². The van der Waals surface area contributed by atoms with Crippen LogP contribution in [0.3, 0.4) is 0 Å². The van der Waals surface area contributed by atoms with Gasteiger partial charge in [0.2, 0.25) is 0 Å². The predicted octanol–water partition coefficient (Wildman–Crippen LogP) is 5.52. The summed E-state index contributed by atoms with van der Waals surface area (Å²) in [6.07, 6.45) is 3.81. The van der Waals surface area contributed by atoms with Crippen molar-refractivity contribution in [2.45, 2.75) is 38.9 Å². The van der Waals surface area contributed by atoms with Gasteiger partial charge in [0, 0.05) is 47.2 Å². The summed E-state index contributed by atoms with van der Waals surface area (Å²) in [4.78, 5) is 0. The molecule has 0 unspecified atom stereocenters. The highest BCUT2D eigenvalue weighted by atomic mass is 79.9. The molecule has 1 fully saturated rings. The van der Waals surface area contributed by atoms with Crippen molar-refractivity contribution in [2.24, 2.45) is 14.1 Å². The number of hydrogen-bond acceptors (Lipinski definition) is 4. The van der Waals surface area contributed by atoms with Crippen molar-refractivity contribution in [3.8, 4) is 0 Å². The third-order valence-corrected chi connectivity index (χ3v) is 7.68. The average molecular weight is 538 g/mol. The molecule has 0 aliphatic carbocycles. The van der Waals surface area contributed by atoms with E-state index in [4.69, 9.17) is 32.5 Å². The van der Waals surface area contributed by atoms with E-state index < -0.39 is 7.12 Å². The Hall–Kier alpha value is -1.58. The van der Waals surface area contributed by atoms with Crippen molar-refractivity contribution in [3.63, 3.8) is 0 Å². The Morgan fingerprint density at radius 1 is 0.812 bits per heavy atom. The van der Waals surface area contributed by atoms with Gasteiger partial charge < -0.3 is 9.31 Å². The number of benzene rings is 2. The molecule has 0 N–H and O–H groups in total. The van der Waals surface area contributed by atoms with Crippen LogP contribution >= 0.6 is 39.1 Å². The van der Waals surface area contributed by atoms with E-state index in [1.54, 1.807) is 9.36 Å². The predicted molar refractivity (Wildman–Crippen MR) is 135 cm³/mol. The molecule has 10 heteroatoms. The average Bonchev–Trinajstić information content (AvgIpc) is 3.32. The van der Waals surface area contributed by atoms with Crippen LogP contribution in [0, 0.1) is 0 Å². The molecule has 1 aliphatic heterocycles. The maximum atomic E-state index is 6.51. The van der Waals surface area contributed by atoms with Gasteiger partial charge in [0.1, 0.15) is 0 Å². The Kier molecular flexibility index (Phi) is 6.14. The third kappa shape index (κ3) is 4.19. The summed E-state index contributed by atoms with van der Waals surface area (Å²) in [5.74, 6) is 0. The second-order valence-corrected chi connectivity index (χ2v) is 10.5. The van der Waals surface area contributed by atoms with Gasteiger partial charge >= 0.3 is 7.12 Å². The monoisotopic (exact) mass is 536 g/mol. The van der Waals surface area contributed by atoms with Crippen LogP contribution in [0.1, 0.15) is 27.7 Å². The van der Waals surface area contributed by atoms with E-state index in [1.807, 2.05) is 78.4 Å². The topological polar surface area (TPSA) is 54.1 Å². The van der Waals surface area contributed by atoms with Crippen molar-refractivity contribution in [3.05, 3.63) is 51.2 Å². The van der Waals surface area contributed by atoms with E-state index in [-0.39, 0.29) is 11.2 Å². The van der Waals surface area contributed by atoms with Crippen LogP contribution in [0.4, 0.5) is 0 Å². The molecule has 1 saturated heterocycles. The van der Waals surface area contributed by atoms with Crippen LogP contribution in [-0.4, -0.2) is 37.9 Å². The van der Waals surface area contributed by atoms with Crippen molar-refractivity contribution in [1.82, 2.24) is 19.6 Å². The van der Waals surface area contributed by atoms with Crippen LogP contribution in [0.2, 0.25) is 10.0 Å². The number of fused-ring (bicyclic) bond motifs is 2. The molecule has 168 valence electrons. The third-order valence-electron chi connectivity index (χ3n) is 5.97. The number of nitrogens with zero attached hydrogens (tertiary/aromatic N) is 4. The highest BCUT2D eigenvalue weighted by molar-refractivity contribution is 9.10. The molecule has 0 bridgehead atoms. The summed E-state index contributed by atoms with van der Waals surface area (Å²) < 4.78 is 16.5. The van der Waals surface area contributed by atoms with Crippen LogP contribution in [0.5, 0.6) is 0 Å². The fourth-order valence-electron chi connectivity index (χ4n) is 3.50. The molecule has 1 aliphatic rings. The number of rotatable bonds is 1. The molecule has 2 aromatic carbocycles. The molecule has 0 atom stereocenters. The van der Waals surface area contributed by atoms with Crippen LogP contribution < -0.4 is 5.46 Å². The summed E-state index contributed by atoms with van der Waals surface area (Å²) in [6, 6.07) is 7.71. The normalized spacial score (nSPS) is 17.1. The SMILES string of the molecule is Cn1cc2c(Cl)c(B3OC(C)(C)C(C)(C)O3)ccc2n1.Cn1cc2c(Cl)c(Br)ccc2n1. The summed E-state index contributed by atoms with van der Waals surface area (Å²) in [5.41, 5.74) is 1.91. The molecule has 0 amide bonds. The van der Waals surface area contributed by atoms with E-state index in [0.717, 1.165) is 36.8 Å². The van der Waals surface area contributed by atoms with E-state index >= 15 is 0 Å².